The van der Waals surface area contributed by atoms with Gasteiger partial charge in [0, 0.05) is 17.8 Å². The maximum Gasteiger partial charge on any atom is 0.414 e. The molecule has 210 valence electrons. The number of nitrogens with zero attached hydrogens (tertiary/aromatic N) is 3. The molecule has 2 amide bonds. The molecule has 2 aromatic rings. The molecule has 14 heteroatoms. The molecular formula is C25H31N5O9. The van der Waals surface area contributed by atoms with E-state index in [1.807, 2.05) is 0 Å². The minimum atomic E-state index is -1.68. The van der Waals surface area contributed by atoms with Crippen molar-refractivity contribution in [1.82, 2.24) is 19.9 Å². The Morgan fingerprint density at radius 3 is 2.54 bits per heavy atom. The number of rotatable bonds is 7. The number of carbonyl (C=O) groups is 4. The van der Waals surface area contributed by atoms with Crippen LogP contribution in [0.15, 0.2) is 18.6 Å². The fourth-order valence-corrected chi connectivity index (χ4v) is 4.33. The van der Waals surface area contributed by atoms with Gasteiger partial charge < -0.3 is 33.9 Å². The van der Waals surface area contributed by atoms with Crippen LogP contribution in [0, 0.1) is 11.8 Å². The summed E-state index contributed by atoms with van der Waals surface area (Å²) in [6.45, 7) is 9.19. The van der Waals surface area contributed by atoms with Crippen molar-refractivity contribution in [2.24, 2.45) is 11.8 Å². The van der Waals surface area contributed by atoms with Crippen molar-refractivity contribution in [2.75, 3.05) is 12.1 Å². The average molecular weight is 546 g/mol. The number of anilines is 1. The summed E-state index contributed by atoms with van der Waals surface area (Å²) >= 11 is 0. The van der Waals surface area contributed by atoms with Crippen molar-refractivity contribution in [3.8, 4) is 0 Å². The highest BCUT2D eigenvalue weighted by molar-refractivity contribution is 6.14. The van der Waals surface area contributed by atoms with E-state index in [9.17, 15) is 24.3 Å². The SMILES string of the molecule is CC(C)C(=O)OCOC(=O)NC1=CC(=O)Nc2ncnc3c2c1cn3[C@@H]1OC(C)[C@@H](OC(=O)C(C)C)C1(C)O. The van der Waals surface area contributed by atoms with E-state index >= 15 is 0 Å². The topological polar surface area (TPSA) is 180 Å². The van der Waals surface area contributed by atoms with Crippen LogP contribution in [0.25, 0.3) is 16.7 Å². The van der Waals surface area contributed by atoms with E-state index in [0.29, 0.717) is 10.9 Å². The number of esters is 2. The molecule has 4 heterocycles. The zero-order valence-electron chi connectivity index (χ0n) is 22.4. The third kappa shape index (κ3) is 5.43. The van der Waals surface area contributed by atoms with E-state index < -0.39 is 66.6 Å². The molecule has 1 saturated heterocycles. The highest BCUT2D eigenvalue weighted by Crippen LogP contribution is 2.43. The van der Waals surface area contributed by atoms with Crippen LogP contribution < -0.4 is 10.6 Å². The minimum Gasteiger partial charge on any atom is -0.456 e. The first-order valence-corrected chi connectivity index (χ1v) is 12.4. The van der Waals surface area contributed by atoms with Gasteiger partial charge in [0.1, 0.15) is 23.4 Å². The van der Waals surface area contributed by atoms with Gasteiger partial charge in [0.15, 0.2) is 12.3 Å². The number of ether oxygens (including phenoxy) is 4. The summed E-state index contributed by atoms with van der Waals surface area (Å²) in [5.41, 5.74) is -1.04. The summed E-state index contributed by atoms with van der Waals surface area (Å²) in [4.78, 5) is 57.4. The number of hydrogen-bond donors (Lipinski definition) is 3. The second-order valence-electron chi connectivity index (χ2n) is 10.1. The highest BCUT2D eigenvalue weighted by Gasteiger charge is 2.55. The van der Waals surface area contributed by atoms with Gasteiger partial charge in [-0.15, -0.1) is 0 Å². The summed E-state index contributed by atoms with van der Waals surface area (Å²) in [6, 6.07) is 0. The second-order valence-corrected chi connectivity index (χ2v) is 10.1. The van der Waals surface area contributed by atoms with E-state index in [1.165, 1.54) is 24.0 Å². The summed E-state index contributed by atoms with van der Waals surface area (Å²) in [6.07, 6.45) is 0.207. The molecule has 1 fully saturated rings. The molecule has 0 aliphatic carbocycles. The van der Waals surface area contributed by atoms with E-state index in [2.05, 4.69) is 20.6 Å². The first kappa shape index (κ1) is 28.0. The maximum atomic E-state index is 12.5. The van der Waals surface area contributed by atoms with Gasteiger partial charge in [-0.1, -0.05) is 27.7 Å². The maximum absolute atomic E-state index is 12.5. The molecule has 2 aliphatic heterocycles. The van der Waals surface area contributed by atoms with Crippen LogP contribution in [0.1, 0.15) is 53.3 Å². The predicted molar refractivity (Wildman–Crippen MR) is 134 cm³/mol. The Balaban J connectivity index is 1.67. The minimum absolute atomic E-state index is 0.0402. The van der Waals surface area contributed by atoms with E-state index in [0.717, 1.165) is 6.08 Å². The van der Waals surface area contributed by atoms with Gasteiger partial charge in [0.25, 0.3) is 5.91 Å². The third-order valence-electron chi connectivity index (χ3n) is 6.33. The Labute approximate surface area is 223 Å². The second kappa shape index (κ2) is 10.6. The van der Waals surface area contributed by atoms with Crippen molar-refractivity contribution in [3.63, 3.8) is 0 Å². The van der Waals surface area contributed by atoms with E-state index in [4.69, 9.17) is 18.9 Å². The van der Waals surface area contributed by atoms with Crippen LogP contribution in [0.2, 0.25) is 0 Å². The molecule has 2 aliphatic rings. The van der Waals surface area contributed by atoms with Crippen LogP contribution in [0.4, 0.5) is 10.6 Å². The van der Waals surface area contributed by atoms with Gasteiger partial charge in [0.05, 0.1) is 29.0 Å². The van der Waals surface area contributed by atoms with Gasteiger partial charge in [-0.05, 0) is 13.8 Å². The summed E-state index contributed by atoms with van der Waals surface area (Å²) in [5, 5.41) is 17.0. The predicted octanol–water partition coefficient (Wildman–Crippen LogP) is 1.84. The van der Waals surface area contributed by atoms with Crippen LogP contribution >= 0.6 is 0 Å². The largest absolute Gasteiger partial charge is 0.456 e. The van der Waals surface area contributed by atoms with Gasteiger partial charge >= 0.3 is 18.0 Å². The van der Waals surface area contributed by atoms with Gasteiger partial charge in [-0.3, -0.25) is 19.7 Å². The molecule has 14 nitrogen and oxygen atoms in total. The molecule has 0 radical (unpaired) electrons. The van der Waals surface area contributed by atoms with Gasteiger partial charge in [-0.25, -0.2) is 14.8 Å². The molecule has 4 atom stereocenters. The number of amides is 2. The molecule has 0 aromatic carbocycles. The fourth-order valence-electron chi connectivity index (χ4n) is 4.33. The molecule has 2 aromatic heterocycles. The lowest BCUT2D eigenvalue weighted by atomic mass is 9.96. The quantitative estimate of drug-likeness (QED) is 0.341. The van der Waals surface area contributed by atoms with Crippen LogP contribution in [0.5, 0.6) is 0 Å². The van der Waals surface area contributed by atoms with E-state index in [1.54, 1.807) is 34.6 Å². The van der Waals surface area contributed by atoms with Gasteiger partial charge in [0.2, 0.25) is 6.79 Å². The Hall–Kier alpha value is -4.04. The van der Waals surface area contributed by atoms with Crippen molar-refractivity contribution in [1.29, 1.82) is 0 Å². The number of nitrogens with one attached hydrogen (secondary N) is 2. The first-order chi connectivity index (χ1) is 18.3. The summed E-state index contributed by atoms with van der Waals surface area (Å²) in [5.74, 6) is -2.24. The van der Waals surface area contributed by atoms with Crippen LogP contribution in [-0.2, 0) is 33.3 Å². The lowest BCUT2D eigenvalue weighted by molar-refractivity contribution is -0.166. The fraction of sp³-hybridized carbons (Fsp3) is 0.520. The Bertz CT molecular complexity index is 1350. The molecule has 0 spiro atoms. The molecule has 0 saturated carbocycles. The van der Waals surface area contributed by atoms with Crippen LogP contribution in [0.3, 0.4) is 0 Å². The Kier molecular flexibility index (Phi) is 7.61. The molecule has 0 bridgehead atoms. The molecular weight excluding hydrogens is 514 g/mol. The molecule has 3 N–H and O–H groups in total. The van der Waals surface area contributed by atoms with Crippen molar-refractivity contribution >= 4 is 46.5 Å². The van der Waals surface area contributed by atoms with Crippen molar-refractivity contribution in [3.05, 3.63) is 24.2 Å². The normalized spacial score (nSPS) is 24.3. The lowest BCUT2D eigenvalue weighted by Crippen LogP contribution is -2.46. The zero-order chi connectivity index (χ0) is 28.6. The van der Waals surface area contributed by atoms with Crippen LogP contribution in [-0.4, -0.2) is 68.2 Å². The standard InChI is InChI=1S/C25H31N5O9/c1-11(2)21(32)36-10-37-24(34)28-15-7-16(31)29-19-17-14(15)8-30(20(17)27-9-26-19)23-25(6,35)18(13(5)38-23)39-22(33)12(3)4/h7-9,11-13,18,23,35H,10H2,1-6H3,(H,28,34)(H,26,27,29,31)/t13?,18-,23-,25?/m1/s1. The molecule has 39 heavy (non-hydrogen) atoms. The number of aliphatic hydroxyl groups is 1. The zero-order valence-corrected chi connectivity index (χ0v) is 22.4. The monoisotopic (exact) mass is 545 g/mol. The van der Waals surface area contributed by atoms with Gasteiger partial charge in [-0.2, -0.15) is 0 Å². The Morgan fingerprint density at radius 2 is 1.87 bits per heavy atom. The number of hydrogen-bond acceptors (Lipinski definition) is 11. The van der Waals surface area contributed by atoms with E-state index in [-0.39, 0.29) is 17.2 Å². The highest BCUT2D eigenvalue weighted by atomic mass is 16.7. The molecule has 2 unspecified atom stereocenters. The smallest absolute Gasteiger partial charge is 0.414 e. The number of alkyl carbamates (subject to hydrolysis) is 1. The van der Waals surface area contributed by atoms with Crippen molar-refractivity contribution in [2.45, 2.75) is 65.6 Å². The summed E-state index contributed by atoms with van der Waals surface area (Å²) < 4.78 is 22.9. The first-order valence-electron chi connectivity index (χ1n) is 12.4. The number of carbonyl (C=O) groups excluding carboxylic acids is 4. The van der Waals surface area contributed by atoms with Crippen molar-refractivity contribution < 1.29 is 43.2 Å². The lowest BCUT2D eigenvalue weighted by Gasteiger charge is -2.30. The summed E-state index contributed by atoms with van der Waals surface area (Å²) in [7, 11) is 0. The average Bonchev–Trinajstić information content (AvgIpc) is 3.29. The number of aromatic nitrogens is 3. The Morgan fingerprint density at radius 1 is 1.18 bits per heavy atom. The molecule has 4 rings (SSSR count). The third-order valence-corrected chi connectivity index (χ3v) is 6.33.